The van der Waals surface area contributed by atoms with Gasteiger partial charge in [0.15, 0.2) is 5.16 Å². The molecule has 160 valence electrons. The molecule has 2 amide bonds. The third-order valence-corrected chi connectivity index (χ3v) is 7.78. The van der Waals surface area contributed by atoms with Crippen LogP contribution in [0.1, 0.15) is 0 Å². The van der Waals surface area contributed by atoms with E-state index in [-0.39, 0.29) is 23.2 Å². The molecule has 2 aliphatic rings. The maximum atomic E-state index is 12.7. The summed E-state index contributed by atoms with van der Waals surface area (Å²) in [4.78, 5) is 51.5. The van der Waals surface area contributed by atoms with E-state index < -0.39 is 23.3 Å². The largest absolute Gasteiger partial charge is 0.477 e. The quantitative estimate of drug-likeness (QED) is 0.298. The molecule has 13 heteroatoms. The first-order valence-electron chi connectivity index (χ1n) is 8.93. The number of hydrogen-bond donors (Lipinski definition) is 3. The summed E-state index contributed by atoms with van der Waals surface area (Å²) >= 11 is 3.77. The number of aromatic nitrogens is 3. The Bertz CT molecular complexity index is 1070. The zero-order valence-electron chi connectivity index (χ0n) is 15.8. The van der Waals surface area contributed by atoms with E-state index in [1.165, 1.54) is 40.7 Å². The fourth-order valence-corrected chi connectivity index (χ4v) is 6.08. The van der Waals surface area contributed by atoms with Crippen LogP contribution in [-0.2, 0) is 14.4 Å². The molecule has 0 spiro atoms. The van der Waals surface area contributed by atoms with Crippen LogP contribution >= 0.6 is 35.3 Å². The molecule has 4 rings (SSSR count). The zero-order valence-corrected chi connectivity index (χ0v) is 18.2. The fraction of sp³-hybridized carbons (Fsp3) is 0.222. The summed E-state index contributed by atoms with van der Waals surface area (Å²) in [6, 6.07) is 4.35. The van der Waals surface area contributed by atoms with Crippen molar-refractivity contribution in [2.45, 2.75) is 21.5 Å². The Balaban J connectivity index is 1.43. The number of anilines is 1. The van der Waals surface area contributed by atoms with Crippen molar-refractivity contribution in [2.24, 2.45) is 0 Å². The predicted octanol–water partition coefficient (Wildman–Crippen LogP) is 1.03. The van der Waals surface area contributed by atoms with Crippen LogP contribution in [-0.4, -0.2) is 65.7 Å². The van der Waals surface area contributed by atoms with Crippen molar-refractivity contribution in [1.29, 1.82) is 0 Å². The summed E-state index contributed by atoms with van der Waals surface area (Å²) in [6.07, 6.45) is 4.75. The van der Waals surface area contributed by atoms with Crippen molar-refractivity contribution >= 4 is 58.9 Å². The lowest BCUT2D eigenvalue weighted by atomic mass is 10.1. The van der Waals surface area contributed by atoms with Gasteiger partial charge in [0.25, 0.3) is 5.91 Å². The van der Waals surface area contributed by atoms with Gasteiger partial charge in [0.1, 0.15) is 22.9 Å². The summed E-state index contributed by atoms with van der Waals surface area (Å²) in [7, 11) is 0. The van der Waals surface area contributed by atoms with Crippen molar-refractivity contribution < 1.29 is 19.5 Å². The highest BCUT2D eigenvalue weighted by molar-refractivity contribution is 8.06. The molecule has 4 N–H and O–H groups in total. The number of fused-ring (bicyclic) bond motifs is 1. The number of pyridine rings is 1. The van der Waals surface area contributed by atoms with Crippen LogP contribution in [0.2, 0.25) is 0 Å². The number of aliphatic carboxylic acids is 1. The normalized spacial score (nSPS) is 20.1. The van der Waals surface area contributed by atoms with Gasteiger partial charge in [-0.15, -0.1) is 23.5 Å². The van der Waals surface area contributed by atoms with Crippen LogP contribution < -0.4 is 11.1 Å². The molecular formula is C18H16N6O4S3. The minimum absolute atomic E-state index is 0.110. The van der Waals surface area contributed by atoms with Gasteiger partial charge in [-0.1, -0.05) is 11.8 Å². The lowest BCUT2D eigenvalue weighted by Crippen LogP contribution is -2.70. The van der Waals surface area contributed by atoms with Crippen molar-refractivity contribution in [3.63, 3.8) is 0 Å². The fourth-order valence-electron chi connectivity index (χ4n) is 2.98. The predicted molar refractivity (Wildman–Crippen MR) is 117 cm³/mol. The standard InChI is InChI=1S/C18H16N6O4S3/c19-11-3-6-21-18(22-11)31-10-7-30-16-13(15(26)24(16)14(10)17(27)28)23-12(25)8-29-9-1-4-20-5-2-9/h1-6,13,16H,7-8H2,(H,23,25)(H,27,28)(H2,19,21,22)/t13-,16-/m1/s1. The maximum absolute atomic E-state index is 12.7. The summed E-state index contributed by atoms with van der Waals surface area (Å²) in [5.74, 6) is -1.22. The molecule has 4 heterocycles. The SMILES string of the molecule is Nc1ccnc(SC2=C(C(=O)O)N3C(=O)[C@@H](NC(=O)CSc4ccncc4)[C@H]3SC2)n1. The van der Waals surface area contributed by atoms with E-state index in [2.05, 4.69) is 20.3 Å². The van der Waals surface area contributed by atoms with E-state index in [4.69, 9.17) is 5.73 Å². The first kappa shape index (κ1) is 21.5. The summed E-state index contributed by atoms with van der Waals surface area (Å²) in [6.45, 7) is 0. The molecule has 0 radical (unpaired) electrons. The summed E-state index contributed by atoms with van der Waals surface area (Å²) in [5.41, 5.74) is 5.55. The van der Waals surface area contributed by atoms with Gasteiger partial charge < -0.3 is 16.2 Å². The van der Waals surface area contributed by atoms with E-state index in [0.29, 0.717) is 15.8 Å². The van der Waals surface area contributed by atoms with E-state index in [1.807, 2.05) is 0 Å². The lowest BCUT2D eigenvalue weighted by molar-refractivity contribution is -0.150. The molecule has 2 atom stereocenters. The van der Waals surface area contributed by atoms with Crippen LogP contribution in [0.4, 0.5) is 5.82 Å². The highest BCUT2D eigenvalue weighted by Crippen LogP contribution is 2.44. The zero-order chi connectivity index (χ0) is 22.0. The van der Waals surface area contributed by atoms with E-state index in [0.717, 1.165) is 16.7 Å². The number of β-lactam (4-membered cyclic amide) rings is 1. The number of rotatable bonds is 7. The molecule has 1 saturated heterocycles. The number of carbonyl (C=O) groups is 3. The third-order valence-electron chi connectivity index (χ3n) is 4.34. The monoisotopic (exact) mass is 476 g/mol. The number of carboxylic acid groups (broad SMARTS) is 1. The van der Waals surface area contributed by atoms with Crippen LogP contribution in [0.3, 0.4) is 0 Å². The molecular weight excluding hydrogens is 460 g/mol. The van der Waals surface area contributed by atoms with Gasteiger partial charge in [-0.25, -0.2) is 14.8 Å². The number of hydrogen-bond acceptors (Lipinski definition) is 10. The average Bonchev–Trinajstić information content (AvgIpc) is 2.76. The number of carboxylic acids is 1. The van der Waals surface area contributed by atoms with Gasteiger partial charge in [-0.05, 0) is 18.2 Å². The van der Waals surface area contributed by atoms with Gasteiger partial charge in [0.05, 0.1) is 5.75 Å². The molecule has 0 bridgehead atoms. The first-order valence-corrected chi connectivity index (χ1v) is 11.8. The first-order chi connectivity index (χ1) is 14.9. The molecule has 10 nitrogen and oxygen atoms in total. The Labute approximate surface area is 189 Å². The minimum atomic E-state index is -1.22. The van der Waals surface area contributed by atoms with Gasteiger partial charge in [0, 0.05) is 34.1 Å². The van der Waals surface area contributed by atoms with Crippen molar-refractivity contribution in [3.8, 4) is 0 Å². The van der Waals surface area contributed by atoms with Crippen LogP contribution in [0.5, 0.6) is 0 Å². The van der Waals surface area contributed by atoms with Crippen LogP contribution in [0.15, 0.2) is 57.4 Å². The van der Waals surface area contributed by atoms with Crippen molar-refractivity contribution in [1.82, 2.24) is 25.2 Å². The topological polar surface area (TPSA) is 151 Å². The molecule has 2 aromatic rings. The number of nitrogens with one attached hydrogen (secondary N) is 1. The van der Waals surface area contributed by atoms with Gasteiger partial charge in [-0.2, -0.15) is 0 Å². The smallest absolute Gasteiger partial charge is 0.353 e. The van der Waals surface area contributed by atoms with Gasteiger partial charge in [0.2, 0.25) is 5.91 Å². The lowest BCUT2D eigenvalue weighted by Gasteiger charge is -2.49. The Kier molecular flexibility index (Phi) is 6.34. The Hall–Kier alpha value is -2.77. The molecule has 2 aliphatic heterocycles. The number of amides is 2. The number of nitrogens with two attached hydrogens (primary N) is 1. The summed E-state index contributed by atoms with van der Waals surface area (Å²) in [5, 5.41) is 12.3. The molecule has 31 heavy (non-hydrogen) atoms. The minimum Gasteiger partial charge on any atom is -0.477 e. The van der Waals surface area contributed by atoms with Gasteiger partial charge in [-0.3, -0.25) is 19.5 Å². The second-order valence-corrected chi connectivity index (χ2v) is 9.59. The second-order valence-electron chi connectivity index (χ2n) is 6.37. The molecule has 0 saturated carbocycles. The molecule has 0 unspecified atom stereocenters. The Morgan fingerprint density at radius 3 is 2.77 bits per heavy atom. The number of carbonyl (C=O) groups excluding carboxylic acids is 2. The second kappa shape index (κ2) is 9.16. The average molecular weight is 477 g/mol. The van der Waals surface area contributed by atoms with Crippen LogP contribution in [0, 0.1) is 0 Å². The van der Waals surface area contributed by atoms with E-state index in [1.54, 1.807) is 24.5 Å². The van der Waals surface area contributed by atoms with Crippen LogP contribution in [0.25, 0.3) is 0 Å². The molecule has 2 aromatic heterocycles. The Morgan fingerprint density at radius 2 is 2.06 bits per heavy atom. The highest BCUT2D eigenvalue weighted by atomic mass is 32.2. The Morgan fingerprint density at radius 1 is 1.29 bits per heavy atom. The number of nitrogen functional groups attached to an aromatic ring is 1. The van der Waals surface area contributed by atoms with Crippen molar-refractivity contribution in [3.05, 3.63) is 47.4 Å². The molecule has 0 aromatic carbocycles. The highest BCUT2D eigenvalue weighted by Gasteiger charge is 2.54. The van der Waals surface area contributed by atoms with Crippen molar-refractivity contribution in [2.75, 3.05) is 17.2 Å². The third kappa shape index (κ3) is 4.62. The maximum Gasteiger partial charge on any atom is 0.353 e. The van der Waals surface area contributed by atoms with E-state index >= 15 is 0 Å². The molecule has 0 aliphatic carbocycles. The van der Waals surface area contributed by atoms with E-state index in [9.17, 15) is 19.5 Å². The summed E-state index contributed by atoms with van der Waals surface area (Å²) < 4.78 is 0. The number of nitrogens with zero attached hydrogens (tertiary/aromatic N) is 4. The van der Waals surface area contributed by atoms with Gasteiger partial charge >= 0.3 is 5.97 Å². The molecule has 1 fully saturated rings. The number of thioether (sulfide) groups is 3.